The molecule has 0 saturated heterocycles. The number of hydrogen-bond donors (Lipinski definition) is 2. The zero-order valence-electron chi connectivity index (χ0n) is 14.3. The third kappa shape index (κ3) is 16.6. The zero-order valence-corrected chi connectivity index (χ0v) is 15.2. The molecular weight excluding hydrogens is 326 g/mol. The summed E-state index contributed by atoms with van der Waals surface area (Å²) in [6, 6.07) is 0. The molecule has 1 atom stereocenters. The van der Waals surface area contributed by atoms with Crippen molar-refractivity contribution in [2.45, 2.75) is 98.0 Å². The fourth-order valence-electron chi connectivity index (χ4n) is 2.45. The number of phosphoric ester groups is 1. The number of phosphoric acid groups is 1. The second-order valence-corrected chi connectivity index (χ2v) is 8.26. The fourth-order valence-corrected chi connectivity index (χ4v) is 3.20. The van der Waals surface area contributed by atoms with Crippen molar-refractivity contribution in [3.8, 4) is 0 Å². The van der Waals surface area contributed by atoms with Gasteiger partial charge < -0.3 is 9.79 Å². The molecular formula is C16H36KO4P. The minimum absolute atomic E-state index is 0. The molecule has 0 amide bonds. The van der Waals surface area contributed by atoms with E-state index in [-0.39, 0.29) is 62.9 Å². The van der Waals surface area contributed by atoms with Crippen molar-refractivity contribution in [3.63, 3.8) is 0 Å². The van der Waals surface area contributed by atoms with E-state index < -0.39 is 7.82 Å². The Bertz CT molecular complexity index is 299. The molecule has 0 aromatic heterocycles. The maximum atomic E-state index is 11.0. The molecule has 0 aliphatic carbocycles. The van der Waals surface area contributed by atoms with Gasteiger partial charge in [-0.15, -0.1) is 0 Å². The number of unbranched alkanes of at least 4 members (excludes halogenated alkanes) is 8. The van der Waals surface area contributed by atoms with Crippen LogP contribution in [0.2, 0.25) is 0 Å². The van der Waals surface area contributed by atoms with Crippen LogP contribution in [0.15, 0.2) is 0 Å². The van der Waals surface area contributed by atoms with Gasteiger partial charge in [-0.05, 0) is 11.8 Å². The molecule has 0 bridgehead atoms. The van der Waals surface area contributed by atoms with Crippen LogP contribution in [0.4, 0.5) is 0 Å². The van der Waals surface area contributed by atoms with Gasteiger partial charge in [-0.1, -0.05) is 85.5 Å². The summed E-state index contributed by atoms with van der Waals surface area (Å²) in [5, 5.41) is 0. The van der Waals surface area contributed by atoms with Crippen molar-refractivity contribution >= 4 is 59.2 Å². The predicted octanol–water partition coefficient (Wildman–Crippen LogP) is 4.78. The van der Waals surface area contributed by atoms with Crippen LogP contribution in [-0.2, 0) is 9.09 Å². The minimum atomic E-state index is -4.40. The van der Waals surface area contributed by atoms with E-state index in [0.717, 1.165) is 12.8 Å². The van der Waals surface area contributed by atoms with Gasteiger partial charge in [0.05, 0.1) is 6.10 Å². The van der Waals surface area contributed by atoms with Crippen LogP contribution in [0.3, 0.4) is 0 Å². The third-order valence-corrected chi connectivity index (χ3v) is 4.33. The SMILES string of the molecule is CCCCCCCCCCCC(OP(=O)(O)O)C(C)(C)C.[KH]. The predicted molar refractivity (Wildman–Crippen MR) is 95.4 cm³/mol. The summed E-state index contributed by atoms with van der Waals surface area (Å²) in [5.74, 6) is 0. The van der Waals surface area contributed by atoms with E-state index in [4.69, 9.17) is 14.3 Å². The van der Waals surface area contributed by atoms with Gasteiger partial charge in [0.2, 0.25) is 0 Å². The second-order valence-electron chi connectivity index (χ2n) is 7.07. The van der Waals surface area contributed by atoms with E-state index in [1.807, 2.05) is 20.8 Å². The quantitative estimate of drug-likeness (QED) is 0.298. The zero-order chi connectivity index (χ0) is 16.4. The van der Waals surface area contributed by atoms with E-state index in [1.54, 1.807) is 0 Å². The Balaban J connectivity index is 0. The average molecular weight is 363 g/mol. The van der Waals surface area contributed by atoms with Crippen molar-refractivity contribution in [1.29, 1.82) is 0 Å². The standard InChI is InChI=1S/C16H35O4P.K.H/c1-5-6-7-8-9-10-11-12-13-14-15(16(2,3)4)20-21(17,18)19;;/h15H,5-14H2,1-4H3,(H2,17,18,19);;. The second kappa shape index (κ2) is 14.0. The molecule has 6 heteroatoms. The summed E-state index contributed by atoms with van der Waals surface area (Å²) in [7, 11) is -4.40. The number of rotatable bonds is 12. The van der Waals surface area contributed by atoms with Crippen molar-refractivity contribution in [2.75, 3.05) is 0 Å². The first kappa shape index (κ1) is 26.0. The van der Waals surface area contributed by atoms with Crippen molar-refractivity contribution in [3.05, 3.63) is 0 Å². The molecule has 4 nitrogen and oxygen atoms in total. The molecule has 0 aliphatic heterocycles. The maximum absolute atomic E-state index is 11.0. The number of hydrogen-bond acceptors (Lipinski definition) is 2. The molecule has 0 radical (unpaired) electrons. The molecule has 0 spiro atoms. The van der Waals surface area contributed by atoms with Crippen LogP contribution < -0.4 is 0 Å². The van der Waals surface area contributed by atoms with Gasteiger partial charge in [0, 0.05) is 0 Å². The van der Waals surface area contributed by atoms with Gasteiger partial charge in [0.1, 0.15) is 0 Å². The topological polar surface area (TPSA) is 66.8 Å². The Morgan fingerprint density at radius 2 is 1.32 bits per heavy atom. The van der Waals surface area contributed by atoms with Crippen LogP contribution in [0, 0.1) is 5.41 Å². The summed E-state index contributed by atoms with van der Waals surface area (Å²) >= 11 is 0. The van der Waals surface area contributed by atoms with Crippen LogP contribution >= 0.6 is 7.82 Å². The van der Waals surface area contributed by atoms with E-state index >= 15 is 0 Å². The molecule has 0 fully saturated rings. The van der Waals surface area contributed by atoms with Gasteiger partial charge in [-0.2, -0.15) is 0 Å². The molecule has 22 heavy (non-hydrogen) atoms. The Morgan fingerprint density at radius 3 is 1.68 bits per heavy atom. The van der Waals surface area contributed by atoms with Gasteiger partial charge in [-0.25, -0.2) is 4.57 Å². The summed E-state index contributed by atoms with van der Waals surface area (Å²) in [6.45, 7) is 8.11. The van der Waals surface area contributed by atoms with E-state index in [9.17, 15) is 4.57 Å². The first-order chi connectivity index (χ1) is 9.67. The van der Waals surface area contributed by atoms with Crippen molar-refractivity contribution in [2.24, 2.45) is 5.41 Å². The fraction of sp³-hybridized carbons (Fsp3) is 1.00. The van der Waals surface area contributed by atoms with E-state index in [2.05, 4.69) is 6.92 Å². The first-order valence-electron chi connectivity index (χ1n) is 8.40. The molecule has 0 saturated carbocycles. The van der Waals surface area contributed by atoms with Crippen LogP contribution in [0.1, 0.15) is 91.9 Å². The summed E-state index contributed by atoms with van der Waals surface area (Å²) in [6.07, 6.45) is 11.5. The summed E-state index contributed by atoms with van der Waals surface area (Å²) < 4.78 is 16.0. The molecule has 2 N–H and O–H groups in total. The summed E-state index contributed by atoms with van der Waals surface area (Å²) in [5.41, 5.74) is -0.249. The van der Waals surface area contributed by atoms with E-state index in [0.29, 0.717) is 6.42 Å². The van der Waals surface area contributed by atoms with Crippen LogP contribution in [-0.4, -0.2) is 67.3 Å². The van der Waals surface area contributed by atoms with Gasteiger partial charge >= 0.3 is 59.2 Å². The molecule has 0 rings (SSSR count). The molecule has 0 aliphatic rings. The Kier molecular flexibility index (Phi) is 16.5. The third-order valence-electron chi connectivity index (χ3n) is 3.80. The molecule has 0 aromatic carbocycles. The molecule has 1 unspecified atom stereocenters. The summed E-state index contributed by atoms with van der Waals surface area (Å²) in [4.78, 5) is 18.0. The van der Waals surface area contributed by atoms with Crippen LogP contribution in [0.5, 0.6) is 0 Å². The molecule has 0 heterocycles. The average Bonchev–Trinajstić information content (AvgIpc) is 2.32. The van der Waals surface area contributed by atoms with Crippen molar-refractivity contribution in [1.82, 2.24) is 0 Å². The van der Waals surface area contributed by atoms with Crippen LogP contribution in [0.25, 0.3) is 0 Å². The Labute approximate surface area is 179 Å². The van der Waals surface area contributed by atoms with E-state index in [1.165, 1.54) is 44.9 Å². The van der Waals surface area contributed by atoms with Crippen molar-refractivity contribution < 1.29 is 18.9 Å². The van der Waals surface area contributed by atoms with Gasteiger partial charge in [0.25, 0.3) is 0 Å². The first-order valence-corrected chi connectivity index (χ1v) is 9.94. The van der Waals surface area contributed by atoms with Gasteiger partial charge in [0.15, 0.2) is 0 Å². The normalized spacial score (nSPS) is 13.7. The molecule has 0 aromatic rings. The van der Waals surface area contributed by atoms with Gasteiger partial charge in [-0.3, -0.25) is 4.52 Å². The Hall–Kier alpha value is 1.75. The molecule has 130 valence electrons. The Morgan fingerprint density at radius 1 is 0.909 bits per heavy atom. The monoisotopic (exact) mass is 362 g/mol.